The third-order valence-electron chi connectivity index (χ3n) is 1.85. The van der Waals surface area contributed by atoms with E-state index in [9.17, 15) is 20.2 Å². The lowest BCUT2D eigenvalue weighted by molar-refractivity contribution is -0.394. The third-order valence-corrected chi connectivity index (χ3v) is 1.85. The van der Waals surface area contributed by atoms with E-state index in [2.05, 4.69) is 5.11 Å². The van der Waals surface area contributed by atoms with Crippen LogP contribution in [0.1, 0.15) is 5.56 Å². The maximum absolute atomic E-state index is 10.5. The standard InChI is InChI=1S/C7H5N4O4/c1-4-6(9-8)2-5(10(12)13)3-7(4)11(14)15/h2-3H,1H3/q-1. The molecule has 8 nitrogen and oxygen atoms in total. The molecule has 8 heteroatoms. The van der Waals surface area contributed by atoms with Crippen LogP contribution in [0.4, 0.5) is 17.1 Å². The van der Waals surface area contributed by atoms with E-state index in [1.807, 2.05) is 0 Å². The van der Waals surface area contributed by atoms with Crippen molar-refractivity contribution in [2.45, 2.75) is 6.92 Å². The van der Waals surface area contributed by atoms with E-state index >= 15 is 0 Å². The second-order valence-corrected chi connectivity index (χ2v) is 2.72. The molecule has 0 heterocycles. The summed E-state index contributed by atoms with van der Waals surface area (Å²) in [6, 6.07) is 1.78. The summed E-state index contributed by atoms with van der Waals surface area (Å²) in [4.78, 5) is 19.4. The number of non-ortho nitro benzene ring substituents is 1. The van der Waals surface area contributed by atoms with E-state index in [1.165, 1.54) is 6.92 Å². The summed E-state index contributed by atoms with van der Waals surface area (Å²) in [5.41, 5.74) is 7.47. The highest BCUT2D eigenvalue weighted by Gasteiger charge is 2.19. The number of nitro groups is 2. The Morgan fingerprint density at radius 2 is 1.87 bits per heavy atom. The number of nitro benzene ring substituents is 2. The normalized spacial score (nSPS) is 9.67. The summed E-state index contributed by atoms with van der Waals surface area (Å²) >= 11 is 0. The van der Waals surface area contributed by atoms with E-state index in [0.717, 1.165) is 12.1 Å². The lowest BCUT2D eigenvalue weighted by Crippen LogP contribution is -1.95. The molecule has 1 rings (SSSR count). The highest BCUT2D eigenvalue weighted by atomic mass is 16.6. The monoisotopic (exact) mass is 209 g/mol. The van der Waals surface area contributed by atoms with E-state index in [-0.39, 0.29) is 11.3 Å². The Kier molecular flexibility index (Phi) is 2.70. The van der Waals surface area contributed by atoms with Crippen molar-refractivity contribution < 1.29 is 9.85 Å². The van der Waals surface area contributed by atoms with Crippen LogP contribution in [-0.4, -0.2) is 9.85 Å². The molecule has 0 amide bonds. The fourth-order valence-corrected chi connectivity index (χ4v) is 1.07. The summed E-state index contributed by atoms with van der Waals surface area (Å²) in [5.74, 6) is 0. The molecule has 1 aromatic rings. The first-order chi connectivity index (χ1) is 6.97. The Labute approximate surface area is 83.3 Å². The van der Waals surface area contributed by atoms with Gasteiger partial charge in [-0.2, -0.15) is 0 Å². The van der Waals surface area contributed by atoms with Gasteiger partial charge in [0.05, 0.1) is 27.2 Å². The zero-order valence-corrected chi connectivity index (χ0v) is 7.58. The lowest BCUT2D eigenvalue weighted by atomic mass is 10.1. The molecule has 0 aliphatic heterocycles. The molecule has 0 spiro atoms. The molecule has 0 aromatic heterocycles. The summed E-state index contributed by atoms with van der Waals surface area (Å²) < 4.78 is 0. The number of rotatable bonds is 3. The van der Waals surface area contributed by atoms with Crippen molar-refractivity contribution in [1.29, 1.82) is 0 Å². The van der Waals surface area contributed by atoms with E-state index in [0.29, 0.717) is 0 Å². The predicted molar refractivity (Wildman–Crippen MR) is 49.9 cm³/mol. The average Bonchev–Trinajstić information content (AvgIpc) is 2.17. The molecule has 0 unspecified atom stereocenters. The topological polar surface area (TPSA) is 121 Å². The lowest BCUT2D eigenvalue weighted by Gasteiger charge is -2.03. The van der Waals surface area contributed by atoms with Crippen molar-refractivity contribution in [3.8, 4) is 0 Å². The molecule has 0 N–H and O–H groups in total. The van der Waals surface area contributed by atoms with Gasteiger partial charge in [-0.3, -0.25) is 20.2 Å². The van der Waals surface area contributed by atoms with Gasteiger partial charge < -0.3 is 10.6 Å². The molecule has 0 saturated carbocycles. The third kappa shape index (κ3) is 1.93. The highest BCUT2D eigenvalue weighted by molar-refractivity contribution is 5.62. The van der Waals surface area contributed by atoms with Gasteiger partial charge in [-0.1, -0.05) is 0 Å². The van der Waals surface area contributed by atoms with Crippen LogP contribution in [0.15, 0.2) is 17.2 Å². The second kappa shape index (κ2) is 3.78. The molecular formula is C7H5N4O4-. The van der Waals surface area contributed by atoms with Crippen LogP contribution in [0.5, 0.6) is 0 Å². The van der Waals surface area contributed by atoms with Gasteiger partial charge in [0.1, 0.15) is 0 Å². The summed E-state index contributed by atoms with van der Waals surface area (Å²) in [6.45, 7) is 1.34. The van der Waals surface area contributed by atoms with Crippen LogP contribution in [-0.2, 0) is 0 Å². The van der Waals surface area contributed by atoms with Crippen LogP contribution < -0.4 is 0 Å². The van der Waals surface area contributed by atoms with Crippen molar-refractivity contribution in [2.24, 2.45) is 5.11 Å². The Morgan fingerprint density at radius 3 is 2.27 bits per heavy atom. The number of benzene rings is 1. The molecule has 15 heavy (non-hydrogen) atoms. The number of hydrogen-bond donors (Lipinski definition) is 0. The Hall–Kier alpha value is -2.38. The summed E-state index contributed by atoms with van der Waals surface area (Å²) in [5, 5.41) is 23.7. The van der Waals surface area contributed by atoms with Gasteiger partial charge in [-0.15, -0.1) is 0 Å². The molecule has 0 atom stereocenters. The maximum atomic E-state index is 10.5. The summed E-state index contributed by atoms with van der Waals surface area (Å²) in [7, 11) is 0. The van der Waals surface area contributed by atoms with Crippen molar-refractivity contribution in [3.05, 3.63) is 43.5 Å². The van der Waals surface area contributed by atoms with E-state index < -0.39 is 21.2 Å². The smallest absolute Gasteiger partial charge is 0.281 e. The highest BCUT2D eigenvalue weighted by Crippen LogP contribution is 2.32. The van der Waals surface area contributed by atoms with Gasteiger partial charge in [0.15, 0.2) is 0 Å². The van der Waals surface area contributed by atoms with Crippen LogP contribution in [0, 0.1) is 27.2 Å². The number of hydrogen-bond acceptors (Lipinski definition) is 5. The molecule has 78 valence electrons. The Bertz CT molecular complexity index is 457. The Balaban J connectivity index is 3.51. The largest absolute Gasteiger partial charge is 0.706 e. The molecule has 0 radical (unpaired) electrons. The van der Waals surface area contributed by atoms with Gasteiger partial charge >= 0.3 is 0 Å². The molecule has 1 aromatic carbocycles. The van der Waals surface area contributed by atoms with Crippen LogP contribution in [0.25, 0.3) is 5.53 Å². The molecule has 0 bridgehead atoms. The molecule has 0 saturated heterocycles. The van der Waals surface area contributed by atoms with Crippen molar-refractivity contribution in [3.63, 3.8) is 0 Å². The molecular weight excluding hydrogens is 204 g/mol. The quantitative estimate of drug-likeness (QED) is 0.431. The van der Waals surface area contributed by atoms with Crippen molar-refractivity contribution >= 4 is 17.1 Å². The first-order valence-corrected chi connectivity index (χ1v) is 3.76. The van der Waals surface area contributed by atoms with Crippen LogP contribution >= 0.6 is 0 Å². The minimum atomic E-state index is -0.791. The van der Waals surface area contributed by atoms with Crippen molar-refractivity contribution in [1.82, 2.24) is 0 Å². The van der Waals surface area contributed by atoms with Crippen molar-refractivity contribution in [2.75, 3.05) is 0 Å². The molecule has 0 fully saturated rings. The average molecular weight is 209 g/mol. The first kappa shape index (κ1) is 10.7. The fraction of sp³-hybridized carbons (Fsp3) is 0.143. The minimum Gasteiger partial charge on any atom is -0.706 e. The first-order valence-electron chi connectivity index (χ1n) is 3.76. The van der Waals surface area contributed by atoms with E-state index in [1.54, 1.807) is 0 Å². The zero-order valence-electron chi connectivity index (χ0n) is 7.58. The Morgan fingerprint density at radius 1 is 1.27 bits per heavy atom. The molecule has 0 aliphatic carbocycles. The number of nitrogens with zero attached hydrogens (tertiary/aromatic N) is 4. The van der Waals surface area contributed by atoms with Gasteiger partial charge in [-0.05, 0) is 6.92 Å². The van der Waals surface area contributed by atoms with Gasteiger partial charge in [0.25, 0.3) is 11.4 Å². The van der Waals surface area contributed by atoms with Gasteiger partial charge in [0, 0.05) is 6.07 Å². The van der Waals surface area contributed by atoms with Gasteiger partial charge in [-0.25, -0.2) is 0 Å². The second-order valence-electron chi connectivity index (χ2n) is 2.72. The van der Waals surface area contributed by atoms with Crippen LogP contribution in [0.2, 0.25) is 0 Å². The van der Waals surface area contributed by atoms with Crippen LogP contribution in [0.3, 0.4) is 0 Å². The maximum Gasteiger partial charge on any atom is 0.281 e. The summed E-state index contributed by atoms with van der Waals surface area (Å²) in [6.07, 6.45) is 0. The zero-order chi connectivity index (χ0) is 11.6. The van der Waals surface area contributed by atoms with E-state index in [4.69, 9.17) is 5.53 Å². The minimum absolute atomic E-state index is 0.0769. The SMILES string of the molecule is Cc1c(N=[N-])cc([N+](=O)[O-])cc1[N+](=O)[O-]. The predicted octanol–water partition coefficient (Wildman–Crippen LogP) is 2.46. The van der Waals surface area contributed by atoms with Gasteiger partial charge in [0.2, 0.25) is 0 Å². The molecule has 0 aliphatic rings. The fourth-order valence-electron chi connectivity index (χ4n) is 1.07.